The molecule has 2 amide bonds. The van der Waals surface area contributed by atoms with Gasteiger partial charge in [0.25, 0.3) is 0 Å². The zero-order valence-corrected chi connectivity index (χ0v) is 17.2. The monoisotopic (exact) mass is 419 g/mol. The van der Waals surface area contributed by atoms with E-state index in [-0.39, 0.29) is 23.3 Å². The minimum atomic E-state index is -0.564. The highest BCUT2D eigenvalue weighted by molar-refractivity contribution is 8.15. The van der Waals surface area contributed by atoms with Crippen molar-refractivity contribution in [2.75, 3.05) is 12.4 Å². The van der Waals surface area contributed by atoms with Crippen LogP contribution in [0.3, 0.4) is 0 Å². The normalized spacial score (nSPS) is 18.0. The summed E-state index contributed by atoms with van der Waals surface area (Å²) in [6.45, 7) is 4.03. The fourth-order valence-corrected chi connectivity index (χ4v) is 3.99. The molecule has 0 spiro atoms. The molecule has 3 rings (SSSR count). The number of rotatable bonds is 4. The van der Waals surface area contributed by atoms with Crippen LogP contribution >= 0.6 is 23.4 Å². The van der Waals surface area contributed by atoms with Gasteiger partial charge in [0.15, 0.2) is 5.17 Å². The fraction of sp³-hybridized carbons (Fsp3) is 0.250. The molecule has 28 heavy (non-hydrogen) atoms. The Morgan fingerprint density at radius 3 is 2.68 bits per heavy atom. The summed E-state index contributed by atoms with van der Waals surface area (Å²) >= 11 is 6.98. The smallest absolute Gasteiger partial charge is 0.242 e. The molecule has 1 saturated heterocycles. The summed E-state index contributed by atoms with van der Waals surface area (Å²) in [5, 5.41) is 2.55. The van der Waals surface area contributed by atoms with Crippen LogP contribution in [0, 0.1) is 19.7 Å². The zero-order valence-electron chi connectivity index (χ0n) is 15.6. The first kappa shape index (κ1) is 20.4. The number of hydrogen-bond acceptors (Lipinski definition) is 4. The summed E-state index contributed by atoms with van der Waals surface area (Å²) in [5.74, 6) is -1.09. The lowest BCUT2D eigenvalue weighted by molar-refractivity contribution is -0.127. The average Bonchev–Trinajstić information content (AvgIpc) is 2.89. The Bertz CT molecular complexity index is 980. The van der Waals surface area contributed by atoms with Crippen LogP contribution in [0.5, 0.6) is 0 Å². The molecule has 5 nitrogen and oxygen atoms in total. The molecule has 2 aromatic rings. The minimum Gasteiger partial charge on any atom is -0.326 e. The second-order valence-corrected chi connectivity index (χ2v) is 8.12. The maximum Gasteiger partial charge on any atom is 0.242 e. The lowest BCUT2D eigenvalue weighted by Crippen LogP contribution is -2.30. The van der Waals surface area contributed by atoms with Gasteiger partial charge in [0.2, 0.25) is 11.8 Å². The number of halogens is 2. The summed E-state index contributed by atoms with van der Waals surface area (Å²) in [7, 11) is 1.65. The maximum atomic E-state index is 13.2. The Hall–Kier alpha value is -2.38. The van der Waals surface area contributed by atoms with E-state index in [0.717, 1.165) is 11.3 Å². The molecule has 1 aliphatic rings. The molecule has 0 aromatic heterocycles. The van der Waals surface area contributed by atoms with Crippen molar-refractivity contribution >= 4 is 51.7 Å². The SMILES string of the molecule is Cc1ccc(N=C2SC(CC(=O)Nc3ccc(F)c(Cl)c3)C(=O)N2C)cc1C. The van der Waals surface area contributed by atoms with Crippen LogP contribution < -0.4 is 5.32 Å². The van der Waals surface area contributed by atoms with E-state index in [4.69, 9.17) is 11.6 Å². The number of carbonyl (C=O) groups excluding carboxylic acids is 2. The van der Waals surface area contributed by atoms with Crippen LogP contribution in [0.4, 0.5) is 15.8 Å². The molecule has 1 aliphatic heterocycles. The zero-order chi connectivity index (χ0) is 20.4. The minimum absolute atomic E-state index is 0.0191. The second-order valence-electron chi connectivity index (χ2n) is 6.55. The van der Waals surface area contributed by atoms with Crippen LogP contribution in [0.2, 0.25) is 5.02 Å². The summed E-state index contributed by atoms with van der Waals surface area (Å²) in [4.78, 5) is 30.8. The predicted octanol–water partition coefficient (Wildman–Crippen LogP) is 4.69. The van der Waals surface area contributed by atoms with Gasteiger partial charge in [-0.05, 0) is 55.3 Å². The average molecular weight is 420 g/mol. The molecule has 146 valence electrons. The van der Waals surface area contributed by atoms with Gasteiger partial charge < -0.3 is 5.32 Å². The van der Waals surface area contributed by atoms with E-state index in [0.29, 0.717) is 10.9 Å². The highest BCUT2D eigenvalue weighted by Gasteiger charge is 2.37. The first-order valence-corrected chi connectivity index (χ1v) is 9.85. The van der Waals surface area contributed by atoms with Crippen LogP contribution in [0.15, 0.2) is 41.4 Å². The van der Waals surface area contributed by atoms with Crippen molar-refractivity contribution in [2.24, 2.45) is 4.99 Å². The number of nitrogens with one attached hydrogen (secondary N) is 1. The fourth-order valence-electron chi connectivity index (χ4n) is 2.66. The maximum absolute atomic E-state index is 13.2. The molecule has 2 aromatic carbocycles. The van der Waals surface area contributed by atoms with Gasteiger partial charge in [-0.15, -0.1) is 0 Å². The number of hydrogen-bond donors (Lipinski definition) is 1. The van der Waals surface area contributed by atoms with E-state index in [1.54, 1.807) is 7.05 Å². The van der Waals surface area contributed by atoms with Crippen molar-refractivity contribution in [1.82, 2.24) is 4.90 Å². The molecule has 0 radical (unpaired) electrons. The molecule has 1 atom stereocenters. The largest absolute Gasteiger partial charge is 0.326 e. The van der Waals surface area contributed by atoms with Crippen molar-refractivity contribution in [3.05, 3.63) is 58.4 Å². The molecular weight excluding hydrogens is 401 g/mol. The van der Waals surface area contributed by atoms with Crippen molar-refractivity contribution in [1.29, 1.82) is 0 Å². The second kappa shape index (κ2) is 8.32. The number of aliphatic imine (C=N–C) groups is 1. The predicted molar refractivity (Wildman–Crippen MR) is 112 cm³/mol. The summed E-state index contributed by atoms with van der Waals surface area (Å²) in [6.07, 6.45) is -0.0191. The number of thioether (sulfide) groups is 1. The molecule has 0 saturated carbocycles. The van der Waals surface area contributed by atoms with Crippen molar-refractivity contribution in [2.45, 2.75) is 25.5 Å². The van der Waals surface area contributed by atoms with Gasteiger partial charge in [0, 0.05) is 19.2 Å². The van der Waals surface area contributed by atoms with Gasteiger partial charge >= 0.3 is 0 Å². The number of amides is 2. The number of anilines is 1. The van der Waals surface area contributed by atoms with E-state index in [2.05, 4.69) is 10.3 Å². The number of aryl methyl sites for hydroxylation is 2. The molecule has 8 heteroatoms. The summed E-state index contributed by atoms with van der Waals surface area (Å²) in [6, 6.07) is 9.76. The number of amidine groups is 1. The van der Waals surface area contributed by atoms with Crippen molar-refractivity contribution in [3.8, 4) is 0 Å². The van der Waals surface area contributed by atoms with E-state index in [1.807, 2.05) is 32.0 Å². The van der Waals surface area contributed by atoms with Crippen molar-refractivity contribution < 1.29 is 14.0 Å². The van der Waals surface area contributed by atoms with Crippen LogP contribution in [-0.4, -0.2) is 34.2 Å². The van der Waals surface area contributed by atoms with Gasteiger partial charge in [-0.25, -0.2) is 9.38 Å². The quantitative estimate of drug-likeness (QED) is 0.782. The van der Waals surface area contributed by atoms with E-state index < -0.39 is 11.1 Å². The standard InChI is InChI=1S/C20H19ClFN3O2S/c1-11-4-5-13(8-12(11)2)24-20-25(3)19(27)17(28-20)10-18(26)23-14-6-7-16(22)15(21)9-14/h4-9,17H,10H2,1-3H3,(H,23,26). The molecular formula is C20H19ClFN3O2S. The third-order valence-electron chi connectivity index (χ3n) is 4.43. The highest BCUT2D eigenvalue weighted by atomic mass is 35.5. The van der Waals surface area contributed by atoms with E-state index >= 15 is 0 Å². The topological polar surface area (TPSA) is 61.8 Å². The lowest BCUT2D eigenvalue weighted by atomic mass is 10.1. The Labute approximate surface area is 172 Å². The first-order valence-electron chi connectivity index (χ1n) is 8.59. The first-order chi connectivity index (χ1) is 13.2. The van der Waals surface area contributed by atoms with Gasteiger partial charge in [0.05, 0.1) is 10.7 Å². The molecule has 1 heterocycles. The Balaban J connectivity index is 1.68. The molecule has 1 unspecified atom stereocenters. The summed E-state index contributed by atoms with van der Waals surface area (Å²) in [5.41, 5.74) is 3.43. The van der Waals surface area contributed by atoms with Crippen LogP contribution in [-0.2, 0) is 9.59 Å². The van der Waals surface area contributed by atoms with Crippen LogP contribution in [0.25, 0.3) is 0 Å². The Morgan fingerprint density at radius 1 is 1.25 bits per heavy atom. The Kier molecular flexibility index (Phi) is 6.05. The van der Waals surface area contributed by atoms with Crippen molar-refractivity contribution in [3.63, 3.8) is 0 Å². The van der Waals surface area contributed by atoms with Gasteiger partial charge in [-0.1, -0.05) is 29.4 Å². The number of carbonyl (C=O) groups is 2. The number of benzene rings is 2. The molecule has 1 fully saturated rings. The van der Waals surface area contributed by atoms with Crippen LogP contribution in [0.1, 0.15) is 17.5 Å². The molecule has 0 aliphatic carbocycles. The Morgan fingerprint density at radius 2 is 2.00 bits per heavy atom. The third-order valence-corrected chi connectivity index (χ3v) is 5.95. The number of nitrogens with zero attached hydrogens (tertiary/aromatic N) is 2. The molecule has 0 bridgehead atoms. The third kappa shape index (κ3) is 4.54. The summed E-state index contributed by atoms with van der Waals surface area (Å²) < 4.78 is 13.2. The van der Waals surface area contributed by atoms with Gasteiger partial charge in [0.1, 0.15) is 11.1 Å². The van der Waals surface area contributed by atoms with E-state index in [9.17, 15) is 14.0 Å². The lowest BCUT2D eigenvalue weighted by Gasteiger charge is -2.10. The van der Waals surface area contributed by atoms with Gasteiger partial charge in [-0.3, -0.25) is 14.5 Å². The van der Waals surface area contributed by atoms with E-state index in [1.165, 1.54) is 40.4 Å². The van der Waals surface area contributed by atoms with Gasteiger partial charge in [-0.2, -0.15) is 0 Å². The molecule has 1 N–H and O–H groups in total. The highest BCUT2D eigenvalue weighted by Crippen LogP contribution is 2.31.